The molecule has 1 saturated heterocycles. The lowest BCUT2D eigenvalue weighted by Crippen LogP contribution is -2.36. The molecule has 1 aromatic rings. The third-order valence-corrected chi connectivity index (χ3v) is 3.41. The van der Waals surface area contributed by atoms with Gasteiger partial charge in [-0.1, -0.05) is 13.8 Å². The number of nitrogens with zero attached hydrogens (tertiary/aromatic N) is 2. The van der Waals surface area contributed by atoms with Crippen LogP contribution in [0.4, 0.5) is 17.1 Å². The summed E-state index contributed by atoms with van der Waals surface area (Å²) < 4.78 is 5.31. The Kier molecular flexibility index (Phi) is 5.32. The maximum absolute atomic E-state index is 12.0. The predicted octanol–water partition coefficient (Wildman–Crippen LogP) is 2.42. The lowest BCUT2D eigenvalue weighted by atomic mass is 10.1. The molecule has 1 amide bonds. The first kappa shape index (κ1) is 16.2. The van der Waals surface area contributed by atoms with E-state index >= 15 is 0 Å². The maximum atomic E-state index is 12.0. The molecule has 7 nitrogen and oxygen atoms in total. The van der Waals surface area contributed by atoms with E-state index in [0.29, 0.717) is 44.1 Å². The van der Waals surface area contributed by atoms with Gasteiger partial charge in [-0.25, -0.2) is 0 Å². The summed E-state index contributed by atoms with van der Waals surface area (Å²) in [4.78, 5) is 24.6. The molecule has 0 unspecified atom stereocenters. The summed E-state index contributed by atoms with van der Waals surface area (Å²) in [6.45, 7) is 6.38. The maximum Gasteiger partial charge on any atom is 0.271 e. The van der Waals surface area contributed by atoms with E-state index in [4.69, 9.17) is 4.74 Å². The van der Waals surface area contributed by atoms with E-state index in [1.807, 2.05) is 18.7 Å². The van der Waals surface area contributed by atoms with Gasteiger partial charge in [-0.05, 0) is 12.0 Å². The van der Waals surface area contributed by atoms with Crippen molar-refractivity contribution in [1.29, 1.82) is 0 Å². The predicted molar refractivity (Wildman–Crippen MR) is 84.2 cm³/mol. The molecule has 1 aliphatic heterocycles. The van der Waals surface area contributed by atoms with Crippen molar-refractivity contribution in [3.63, 3.8) is 0 Å². The number of hydrogen-bond acceptors (Lipinski definition) is 5. The quantitative estimate of drug-likeness (QED) is 0.667. The standard InChI is InChI=1S/C15H21N3O4/c1-11(2)9-15(19)16-13-4-3-12(18(20)21)10-14(13)17-5-7-22-8-6-17/h3-4,10-11H,5-9H2,1-2H3,(H,16,19). The van der Waals surface area contributed by atoms with Crippen LogP contribution in [0.3, 0.4) is 0 Å². The van der Waals surface area contributed by atoms with Crippen molar-refractivity contribution >= 4 is 23.0 Å². The number of anilines is 2. The first-order valence-corrected chi connectivity index (χ1v) is 7.38. The van der Waals surface area contributed by atoms with Crippen molar-refractivity contribution in [2.45, 2.75) is 20.3 Å². The van der Waals surface area contributed by atoms with Crippen molar-refractivity contribution in [3.05, 3.63) is 28.3 Å². The second-order valence-electron chi connectivity index (χ2n) is 5.70. The first-order valence-electron chi connectivity index (χ1n) is 7.38. The molecule has 0 atom stereocenters. The van der Waals surface area contributed by atoms with Gasteiger partial charge in [-0.15, -0.1) is 0 Å². The Morgan fingerprint density at radius 3 is 2.68 bits per heavy atom. The van der Waals surface area contributed by atoms with Gasteiger partial charge in [0.2, 0.25) is 5.91 Å². The highest BCUT2D eigenvalue weighted by molar-refractivity contribution is 5.95. The molecule has 2 rings (SSSR count). The van der Waals surface area contributed by atoms with Gasteiger partial charge in [0, 0.05) is 31.6 Å². The average molecular weight is 307 g/mol. The normalized spacial score (nSPS) is 15.0. The minimum atomic E-state index is -0.427. The van der Waals surface area contributed by atoms with Crippen LogP contribution < -0.4 is 10.2 Å². The highest BCUT2D eigenvalue weighted by atomic mass is 16.6. The minimum absolute atomic E-state index is 0.0170. The molecule has 0 saturated carbocycles. The van der Waals surface area contributed by atoms with Crippen LogP contribution >= 0.6 is 0 Å². The molecule has 0 radical (unpaired) electrons. The molecule has 0 aliphatic carbocycles. The molecular weight excluding hydrogens is 286 g/mol. The molecule has 0 bridgehead atoms. The molecule has 120 valence electrons. The van der Waals surface area contributed by atoms with Gasteiger partial charge in [0.25, 0.3) is 5.69 Å². The van der Waals surface area contributed by atoms with Gasteiger partial charge in [-0.3, -0.25) is 14.9 Å². The Labute approximate surface area is 129 Å². The van der Waals surface area contributed by atoms with Crippen LogP contribution in [0.15, 0.2) is 18.2 Å². The second-order valence-corrected chi connectivity index (χ2v) is 5.70. The van der Waals surface area contributed by atoms with Crippen molar-refractivity contribution in [1.82, 2.24) is 0 Å². The Balaban J connectivity index is 2.26. The minimum Gasteiger partial charge on any atom is -0.378 e. The van der Waals surface area contributed by atoms with Crippen LogP contribution in [0, 0.1) is 16.0 Å². The molecule has 22 heavy (non-hydrogen) atoms. The Morgan fingerprint density at radius 2 is 2.09 bits per heavy atom. The number of carbonyl (C=O) groups is 1. The number of morpholine rings is 1. The van der Waals surface area contributed by atoms with E-state index in [1.165, 1.54) is 12.1 Å². The molecule has 7 heteroatoms. The zero-order valence-corrected chi connectivity index (χ0v) is 12.9. The number of carbonyl (C=O) groups excluding carboxylic acids is 1. The monoisotopic (exact) mass is 307 g/mol. The van der Waals surface area contributed by atoms with Gasteiger partial charge in [-0.2, -0.15) is 0 Å². The number of nitro groups is 1. The average Bonchev–Trinajstić information content (AvgIpc) is 2.47. The Morgan fingerprint density at radius 1 is 1.41 bits per heavy atom. The van der Waals surface area contributed by atoms with Crippen LogP contribution in [0.2, 0.25) is 0 Å². The zero-order chi connectivity index (χ0) is 16.1. The van der Waals surface area contributed by atoms with Gasteiger partial charge < -0.3 is 15.0 Å². The number of ether oxygens (including phenoxy) is 1. The summed E-state index contributed by atoms with van der Waals surface area (Å²) in [6.07, 6.45) is 0.416. The molecular formula is C15H21N3O4. The zero-order valence-electron chi connectivity index (χ0n) is 12.9. The van der Waals surface area contributed by atoms with Crippen LogP contribution in [-0.2, 0) is 9.53 Å². The molecule has 1 aromatic carbocycles. The molecule has 1 N–H and O–H groups in total. The number of non-ortho nitro benzene ring substituents is 1. The van der Waals surface area contributed by atoms with Crippen molar-refractivity contribution in [2.24, 2.45) is 5.92 Å². The molecule has 0 spiro atoms. The smallest absolute Gasteiger partial charge is 0.271 e. The van der Waals surface area contributed by atoms with E-state index in [2.05, 4.69) is 5.32 Å². The Bertz CT molecular complexity index is 554. The number of hydrogen-bond donors (Lipinski definition) is 1. The van der Waals surface area contributed by atoms with Crippen LogP contribution in [-0.4, -0.2) is 37.1 Å². The second kappa shape index (κ2) is 7.22. The van der Waals surface area contributed by atoms with Gasteiger partial charge in [0.1, 0.15) is 0 Å². The third kappa shape index (κ3) is 4.17. The van der Waals surface area contributed by atoms with Crippen LogP contribution in [0.1, 0.15) is 20.3 Å². The van der Waals surface area contributed by atoms with Gasteiger partial charge in [0.05, 0.1) is 29.5 Å². The summed E-state index contributed by atoms with van der Waals surface area (Å²) in [5.74, 6) is 0.170. The number of benzene rings is 1. The highest BCUT2D eigenvalue weighted by Crippen LogP contribution is 2.31. The summed E-state index contributed by atoms with van der Waals surface area (Å²) in [7, 11) is 0. The number of amides is 1. The number of rotatable bonds is 5. The fourth-order valence-electron chi connectivity index (χ4n) is 2.38. The third-order valence-electron chi connectivity index (χ3n) is 3.41. The number of nitro benzene ring substituents is 1. The van der Waals surface area contributed by atoms with Gasteiger partial charge in [0.15, 0.2) is 0 Å². The molecule has 0 aromatic heterocycles. The number of nitrogens with one attached hydrogen (secondary N) is 1. The lowest BCUT2D eigenvalue weighted by molar-refractivity contribution is -0.384. The topological polar surface area (TPSA) is 84.7 Å². The van der Waals surface area contributed by atoms with Crippen molar-refractivity contribution in [2.75, 3.05) is 36.5 Å². The summed E-state index contributed by atoms with van der Waals surface area (Å²) >= 11 is 0. The fraction of sp³-hybridized carbons (Fsp3) is 0.533. The summed E-state index contributed by atoms with van der Waals surface area (Å²) in [5.41, 5.74) is 1.30. The van der Waals surface area contributed by atoms with E-state index < -0.39 is 4.92 Å². The van der Waals surface area contributed by atoms with Crippen LogP contribution in [0.5, 0.6) is 0 Å². The fourth-order valence-corrected chi connectivity index (χ4v) is 2.38. The van der Waals surface area contributed by atoms with Crippen LogP contribution in [0.25, 0.3) is 0 Å². The van der Waals surface area contributed by atoms with E-state index in [9.17, 15) is 14.9 Å². The molecule has 1 aliphatic rings. The Hall–Kier alpha value is -2.15. The largest absolute Gasteiger partial charge is 0.378 e. The van der Waals surface area contributed by atoms with E-state index in [0.717, 1.165) is 0 Å². The van der Waals surface area contributed by atoms with Crippen molar-refractivity contribution < 1.29 is 14.5 Å². The summed E-state index contributed by atoms with van der Waals surface area (Å²) in [6, 6.07) is 4.52. The SMILES string of the molecule is CC(C)CC(=O)Nc1ccc([N+](=O)[O-])cc1N1CCOCC1. The van der Waals surface area contributed by atoms with E-state index in [-0.39, 0.29) is 17.5 Å². The summed E-state index contributed by atoms with van der Waals surface area (Å²) in [5, 5.41) is 13.9. The van der Waals surface area contributed by atoms with Crippen molar-refractivity contribution in [3.8, 4) is 0 Å². The lowest BCUT2D eigenvalue weighted by Gasteiger charge is -2.30. The molecule has 1 fully saturated rings. The van der Waals surface area contributed by atoms with E-state index in [1.54, 1.807) is 6.07 Å². The molecule has 1 heterocycles. The highest BCUT2D eigenvalue weighted by Gasteiger charge is 2.19. The van der Waals surface area contributed by atoms with Gasteiger partial charge >= 0.3 is 0 Å². The first-order chi connectivity index (χ1) is 10.5.